The summed E-state index contributed by atoms with van der Waals surface area (Å²) in [5, 5.41) is 10.1. The number of nitrogens with two attached hydrogens (primary N) is 1. The predicted molar refractivity (Wildman–Crippen MR) is 84.6 cm³/mol. The number of sulfonamides is 1. The quantitative estimate of drug-likeness (QED) is 0.634. The maximum absolute atomic E-state index is 12.2. The molecular formula is C14H25N3O3S. The fourth-order valence-corrected chi connectivity index (χ4v) is 3.33. The zero-order valence-electron chi connectivity index (χ0n) is 13.0. The van der Waals surface area contributed by atoms with Gasteiger partial charge in [0.1, 0.15) is 0 Å². The first-order valence-corrected chi connectivity index (χ1v) is 8.31. The number of nitrogens with zero attached hydrogens (tertiary/aromatic N) is 1. The molecule has 1 unspecified atom stereocenters. The summed E-state index contributed by atoms with van der Waals surface area (Å²) >= 11 is 0. The SMILES string of the molecule is CCc1ccc(S(=O)(=O)NCC(C)(O)CN(C)C)cc1N. The highest BCUT2D eigenvalue weighted by atomic mass is 32.2. The summed E-state index contributed by atoms with van der Waals surface area (Å²) in [7, 11) is -0.0600. The van der Waals surface area contributed by atoms with Crippen LogP contribution in [0.5, 0.6) is 0 Å². The van der Waals surface area contributed by atoms with Crippen molar-refractivity contribution in [2.45, 2.75) is 30.8 Å². The Labute approximate surface area is 127 Å². The van der Waals surface area contributed by atoms with E-state index in [1.54, 1.807) is 17.9 Å². The maximum Gasteiger partial charge on any atom is 0.240 e. The van der Waals surface area contributed by atoms with Crippen molar-refractivity contribution in [3.8, 4) is 0 Å². The Morgan fingerprint density at radius 2 is 2.00 bits per heavy atom. The van der Waals surface area contributed by atoms with Crippen molar-refractivity contribution in [2.24, 2.45) is 0 Å². The van der Waals surface area contributed by atoms with E-state index in [1.165, 1.54) is 12.1 Å². The van der Waals surface area contributed by atoms with Crippen LogP contribution in [-0.4, -0.2) is 51.2 Å². The standard InChI is InChI=1S/C14H25N3O3S/c1-5-11-6-7-12(8-13(11)15)21(19,20)16-9-14(2,18)10-17(3)4/h6-8,16,18H,5,9-10,15H2,1-4H3. The molecule has 0 heterocycles. The summed E-state index contributed by atoms with van der Waals surface area (Å²) in [5.74, 6) is 0. The predicted octanol–water partition coefficient (Wildman–Crippen LogP) is 0.422. The van der Waals surface area contributed by atoms with Crippen molar-refractivity contribution < 1.29 is 13.5 Å². The van der Waals surface area contributed by atoms with E-state index in [4.69, 9.17) is 5.73 Å². The number of hydrogen-bond acceptors (Lipinski definition) is 5. The summed E-state index contributed by atoms with van der Waals surface area (Å²) in [5.41, 5.74) is 6.05. The molecule has 0 saturated heterocycles. The molecule has 0 fully saturated rings. The second-order valence-corrected chi connectivity index (χ2v) is 7.54. The monoisotopic (exact) mass is 315 g/mol. The summed E-state index contributed by atoms with van der Waals surface area (Å²) in [4.78, 5) is 1.90. The fraction of sp³-hybridized carbons (Fsp3) is 0.571. The minimum absolute atomic E-state index is 0.0665. The van der Waals surface area contributed by atoms with Gasteiger partial charge in [-0.05, 0) is 45.1 Å². The Morgan fingerprint density at radius 1 is 1.38 bits per heavy atom. The number of aliphatic hydroxyl groups is 1. The second-order valence-electron chi connectivity index (χ2n) is 5.77. The fourth-order valence-electron chi connectivity index (χ4n) is 2.13. The number of rotatable bonds is 7. The first kappa shape index (κ1) is 17.9. The molecule has 21 heavy (non-hydrogen) atoms. The summed E-state index contributed by atoms with van der Waals surface area (Å²) in [6, 6.07) is 4.68. The van der Waals surface area contributed by atoms with Gasteiger partial charge in [-0.25, -0.2) is 13.1 Å². The average Bonchev–Trinajstić information content (AvgIpc) is 2.35. The van der Waals surface area contributed by atoms with Crippen LogP contribution in [0.4, 0.5) is 5.69 Å². The lowest BCUT2D eigenvalue weighted by molar-refractivity contribution is 0.0386. The molecule has 6 nitrogen and oxygen atoms in total. The van der Waals surface area contributed by atoms with Crippen LogP contribution in [-0.2, 0) is 16.4 Å². The van der Waals surface area contributed by atoms with Gasteiger partial charge in [-0.3, -0.25) is 0 Å². The van der Waals surface area contributed by atoms with Gasteiger partial charge in [0, 0.05) is 18.8 Å². The number of likely N-dealkylation sites (N-methyl/N-ethyl adjacent to an activating group) is 1. The third-order valence-electron chi connectivity index (χ3n) is 3.11. The first-order valence-electron chi connectivity index (χ1n) is 6.82. The van der Waals surface area contributed by atoms with Crippen LogP contribution in [0.15, 0.2) is 23.1 Å². The van der Waals surface area contributed by atoms with Crippen molar-refractivity contribution in [1.29, 1.82) is 0 Å². The van der Waals surface area contributed by atoms with Crippen molar-refractivity contribution in [1.82, 2.24) is 9.62 Å². The zero-order chi connectivity index (χ0) is 16.3. The topological polar surface area (TPSA) is 95.7 Å². The Balaban J connectivity index is 2.85. The molecule has 7 heteroatoms. The molecule has 0 radical (unpaired) electrons. The highest BCUT2D eigenvalue weighted by Crippen LogP contribution is 2.18. The van der Waals surface area contributed by atoms with Gasteiger partial charge in [-0.15, -0.1) is 0 Å². The van der Waals surface area contributed by atoms with E-state index < -0.39 is 15.6 Å². The molecular weight excluding hydrogens is 290 g/mol. The van der Waals surface area contributed by atoms with Crippen LogP contribution in [0, 0.1) is 0 Å². The Hall–Kier alpha value is -1.15. The van der Waals surface area contributed by atoms with E-state index in [2.05, 4.69) is 4.72 Å². The van der Waals surface area contributed by atoms with Gasteiger partial charge >= 0.3 is 0 Å². The van der Waals surface area contributed by atoms with E-state index >= 15 is 0 Å². The lowest BCUT2D eigenvalue weighted by Gasteiger charge is -2.27. The molecule has 0 aliphatic heterocycles. The van der Waals surface area contributed by atoms with Crippen LogP contribution in [0.2, 0.25) is 0 Å². The third kappa shape index (κ3) is 5.28. The minimum atomic E-state index is -3.69. The van der Waals surface area contributed by atoms with Gasteiger partial charge in [0.25, 0.3) is 0 Å². The number of nitrogens with one attached hydrogen (secondary N) is 1. The van der Waals surface area contributed by atoms with Crippen LogP contribution in [0.3, 0.4) is 0 Å². The van der Waals surface area contributed by atoms with Gasteiger partial charge in [0.05, 0.1) is 10.5 Å². The number of aryl methyl sites for hydroxylation is 1. The van der Waals surface area contributed by atoms with E-state index in [9.17, 15) is 13.5 Å². The second kappa shape index (κ2) is 6.74. The molecule has 0 aliphatic carbocycles. The van der Waals surface area contributed by atoms with Crippen LogP contribution in [0.1, 0.15) is 19.4 Å². The molecule has 120 valence electrons. The Bertz CT molecular complexity index is 583. The summed E-state index contributed by atoms with van der Waals surface area (Å²) < 4.78 is 26.9. The molecule has 1 aromatic rings. The number of nitrogen functional groups attached to an aromatic ring is 1. The highest BCUT2D eigenvalue weighted by molar-refractivity contribution is 7.89. The molecule has 1 rings (SSSR count). The highest BCUT2D eigenvalue weighted by Gasteiger charge is 2.25. The van der Waals surface area contributed by atoms with Crippen LogP contribution < -0.4 is 10.5 Å². The van der Waals surface area contributed by atoms with Crippen LogP contribution >= 0.6 is 0 Å². The molecule has 0 amide bonds. The lowest BCUT2D eigenvalue weighted by Crippen LogP contribution is -2.47. The maximum atomic E-state index is 12.2. The molecule has 1 aromatic carbocycles. The van der Waals surface area contributed by atoms with Gasteiger partial charge in [-0.1, -0.05) is 13.0 Å². The van der Waals surface area contributed by atoms with E-state index in [0.717, 1.165) is 12.0 Å². The minimum Gasteiger partial charge on any atom is -0.398 e. The van der Waals surface area contributed by atoms with Crippen molar-refractivity contribution >= 4 is 15.7 Å². The Kier molecular flexibility index (Phi) is 5.75. The van der Waals surface area contributed by atoms with Crippen molar-refractivity contribution in [2.75, 3.05) is 32.9 Å². The van der Waals surface area contributed by atoms with Crippen molar-refractivity contribution in [3.05, 3.63) is 23.8 Å². The third-order valence-corrected chi connectivity index (χ3v) is 4.51. The summed E-state index contributed by atoms with van der Waals surface area (Å²) in [6.45, 7) is 3.83. The largest absolute Gasteiger partial charge is 0.398 e. The smallest absolute Gasteiger partial charge is 0.240 e. The van der Waals surface area contributed by atoms with Gasteiger partial charge in [0.15, 0.2) is 0 Å². The molecule has 0 aliphatic rings. The van der Waals surface area contributed by atoms with E-state index in [0.29, 0.717) is 12.2 Å². The number of anilines is 1. The normalized spacial score (nSPS) is 15.1. The molecule has 0 bridgehead atoms. The molecule has 0 aromatic heterocycles. The lowest BCUT2D eigenvalue weighted by atomic mass is 10.1. The average molecular weight is 315 g/mol. The molecule has 4 N–H and O–H groups in total. The number of benzene rings is 1. The molecule has 1 atom stereocenters. The van der Waals surface area contributed by atoms with Gasteiger partial charge < -0.3 is 15.7 Å². The molecule has 0 saturated carbocycles. The van der Waals surface area contributed by atoms with E-state index in [-0.39, 0.29) is 11.4 Å². The summed E-state index contributed by atoms with van der Waals surface area (Å²) in [6.07, 6.45) is 0.747. The van der Waals surface area contributed by atoms with Gasteiger partial charge in [0.2, 0.25) is 10.0 Å². The van der Waals surface area contributed by atoms with Gasteiger partial charge in [-0.2, -0.15) is 0 Å². The Morgan fingerprint density at radius 3 is 2.48 bits per heavy atom. The molecule has 0 spiro atoms. The van der Waals surface area contributed by atoms with E-state index in [1.807, 2.05) is 21.0 Å². The number of hydrogen-bond donors (Lipinski definition) is 3. The first-order chi connectivity index (χ1) is 9.57. The van der Waals surface area contributed by atoms with Crippen LogP contribution in [0.25, 0.3) is 0 Å². The zero-order valence-corrected chi connectivity index (χ0v) is 13.9. The van der Waals surface area contributed by atoms with Crippen molar-refractivity contribution in [3.63, 3.8) is 0 Å².